The molecule has 2 aliphatic rings. The highest BCUT2D eigenvalue weighted by Crippen LogP contribution is 2.53. The minimum Gasteiger partial charge on any atom is -0.464 e. The van der Waals surface area contributed by atoms with Crippen LogP contribution in [0.2, 0.25) is 0 Å². The zero-order valence-electron chi connectivity index (χ0n) is 25.5. The summed E-state index contributed by atoms with van der Waals surface area (Å²) in [4.78, 5) is 15.1. The van der Waals surface area contributed by atoms with Crippen molar-refractivity contribution in [2.45, 2.75) is 30.8 Å². The monoisotopic (exact) mass is 608 g/mol. The highest BCUT2D eigenvalue weighted by Gasteiger charge is 2.73. The molecule has 5 aromatic carbocycles. The van der Waals surface area contributed by atoms with Crippen LogP contribution in [0.1, 0.15) is 30.0 Å². The molecule has 0 amide bonds. The Labute approximate surface area is 268 Å². The third-order valence-electron chi connectivity index (χ3n) is 8.79. The molecule has 2 aliphatic heterocycles. The molecule has 6 nitrogen and oxygen atoms in total. The summed E-state index contributed by atoms with van der Waals surface area (Å²) in [5.41, 5.74) is 2.93. The second-order valence-corrected chi connectivity index (χ2v) is 11.4. The second kappa shape index (κ2) is 12.1. The summed E-state index contributed by atoms with van der Waals surface area (Å²) in [6.45, 7) is 1.98. The smallest absolute Gasteiger partial charge is 0.337 e. The van der Waals surface area contributed by atoms with Crippen LogP contribution in [0, 0.1) is 5.82 Å². The Morgan fingerprint density at radius 3 is 1.78 bits per heavy atom. The summed E-state index contributed by atoms with van der Waals surface area (Å²) in [6.07, 6.45) is 0.519. The summed E-state index contributed by atoms with van der Waals surface area (Å²) in [6, 6.07) is 45.9. The predicted octanol–water partition coefficient (Wildman–Crippen LogP) is 7.65. The number of carbonyl (C=O) groups excluding carboxylic acids is 1. The topological polar surface area (TPSA) is 57.5 Å². The number of halogens is 1. The van der Waals surface area contributed by atoms with Gasteiger partial charge < -0.3 is 4.74 Å². The van der Waals surface area contributed by atoms with Gasteiger partial charge in [-0.2, -0.15) is 10.2 Å². The average Bonchev–Trinajstić information content (AvgIpc) is 3.65. The van der Waals surface area contributed by atoms with Gasteiger partial charge in [-0.25, -0.2) is 19.2 Å². The minimum atomic E-state index is -1.48. The predicted molar refractivity (Wildman–Crippen MR) is 181 cm³/mol. The molecule has 0 unspecified atom stereocenters. The summed E-state index contributed by atoms with van der Waals surface area (Å²) >= 11 is 0. The molecule has 228 valence electrons. The van der Waals surface area contributed by atoms with Gasteiger partial charge in [0.25, 0.3) is 0 Å². The Kier molecular flexibility index (Phi) is 7.66. The molecule has 2 atom stereocenters. The third-order valence-corrected chi connectivity index (χ3v) is 8.79. The van der Waals surface area contributed by atoms with E-state index in [1.807, 2.05) is 138 Å². The molecule has 46 heavy (non-hydrogen) atoms. The normalized spacial score (nSPS) is 20.5. The van der Waals surface area contributed by atoms with Crippen LogP contribution in [-0.4, -0.2) is 35.1 Å². The van der Waals surface area contributed by atoms with Gasteiger partial charge in [-0.05, 0) is 54.4 Å². The van der Waals surface area contributed by atoms with Gasteiger partial charge >= 0.3 is 5.97 Å². The molecule has 0 fully saturated rings. The molecule has 2 heterocycles. The Hall–Kier alpha value is -5.56. The van der Waals surface area contributed by atoms with Crippen molar-refractivity contribution < 1.29 is 13.9 Å². The van der Waals surface area contributed by atoms with Crippen LogP contribution in [0.25, 0.3) is 0 Å². The molecule has 0 saturated heterocycles. The number of rotatable bonds is 8. The van der Waals surface area contributed by atoms with Gasteiger partial charge in [-0.3, -0.25) is 0 Å². The number of hydrogen-bond acceptors (Lipinski definition) is 6. The molecule has 7 heteroatoms. The lowest BCUT2D eigenvalue weighted by atomic mass is 9.66. The number of benzene rings is 5. The standard InChI is InChI=1S/C39H33FN4O2/c1-2-46-37(45)39(27-29-23-25-32(40)26-24-29)38(36(31-17-9-4-10-18-31)42-44(39)34-21-13-6-14-22-34)28-35(30-15-7-3-8-16-30)41-43(38)33-19-11-5-12-20-33/h3-26H,2,27-28H2,1H3/t38-,39-/m1/s1. The lowest BCUT2D eigenvalue weighted by molar-refractivity contribution is -0.151. The van der Waals surface area contributed by atoms with E-state index in [0.29, 0.717) is 12.1 Å². The van der Waals surface area contributed by atoms with E-state index in [2.05, 4.69) is 0 Å². The van der Waals surface area contributed by atoms with Crippen molar-refractivity contribution >= 4 is 28.8 Å². The summed E-state index contributed by atoms with van der Waals surface area (Å²) < 4.78 is 20.3. The number of anilines is 2. The Morgan fingerprint density at radius 1 is 0.696 bits per heavy atom. The zero-order valence-corrected chi connectivity index (χ0v) is 25.5. The zero-order chi connectivity index (χ0) is 31.6. The fourth-order valence-electron chi connectivity index (χ4n) is 6.78. The average molecular weight is 609 g/mol. The first-order valence-electron chi connectivity index (χ1n) is 15.5. The number of ether oxygens (including phenoxy) is 1. The largest absolute Gasteiger partial charge is 0.464 e. The number of carbonyl (C=O) groups is 1. The molecule has 0 saturated carbocycles. The molecule has 0 N–H and O–H groups in total. The van der Waals surface area contributed by atoms with Crippen molar-refractivity contribution in [1.82, 2.24) is 0 Å². The maximum Gasteiger partial charge on any atom is 0.337 e. The molecular weight excluding hydrogens is 575 g/mol. The van der Waals surface area contributed by atoms with Gasteiger partial charge in [0.05, 0.1) is 29.4 Å². The third kappa shape index (κ3) is 4.76. The highest BCUT2D eigenvalue weighted by atomic mass is 19.1. The fraction of sp³-hybridized carbons (Fsp3) is 0.154. The molecule has 7 rings (SSSR count). The van der Waals surface area contributed by atoms with Crippen molar-refractivity contribution in [3.05, 3.63) is 168 Å². The quantitative estimate of drug-likeness (QED) is 0.170. The van der Waals surface area contributed by atoms with Gasteiger partial charge in [0, 0.05) is 18.4 Å². The first-order valence-corrected chi connectivity index (χ1v) is 15.5. The highest BCUT2D eigenvalue weighted by molar-refractivity contribution is 6.22. The van der Waals surface area contributed by atoms with Crippen molar-refractivity contribution in [1.29, 1.82) is 0 Å². The number of para-hydroxylation sites is 2. The van der Waals surface area contributed by atoms with Crippen molar-refractivity contribution in [2.24, 2.45) is 10.2 Å². The fourth-order valence-corrected chi connectivity index (χ4v) is 6.78. The van der Waals surface area contributed by atoms with E-state index in [9.17, 15) is 4.39 Å². The lowest BCUT2D eigenvalue weighted by Crippen LogP contribution is -2.73. The van der Waals surface area contributed by atoms with Gasteiger partial charge in [-0.1, -0.05) is 109 Å². The van der Waals surface area contributed by atoms with Crippen LogP contribution < -0.4 is 10.0 Å². The molecular formula is C39H33FN4O2. The van der Waals surface area contributed by atoms with Crippen LogP contribution in [0.15, 0.2) is 156 Å². The number of esters is 1. The number of hydrogen-bond donors (Lipinski definition) is 0. The Balaban J connectivity index is 1.59. The van der Waals surface area contributed by atoms with E-state index in [1.165, 1.54) is 12.1 Å². The molecule has 0 bridgehead atoms. The van der Waals surface area contributed by atoms with Crippen LogP contribution >= 0.6 is 0 Å². The van der Waals surface area contributed by atoms with E-state index in [4.69, 9.17) is 14.9 Å². The number of nitrogens with zero attached hydrogens (tertiary/aromatic N) is 4. The van der Waals surface area contributed by atoms with Crippen LogP contribution in [0.4, 0.5) is 15.8 Å². The summed E-state index contributed by atoms with van der Waals surface area (Å²) in [5, 5.41) is 14.5. The van der Waals surface area contributed by atoms with Crippen LogP contribution in [0.3, 0.4) is 0 Å². The second-order valence-electron chi connectivity index (χ2n) is 11.4. The maximum absolute atomic E-state index is 15.1. The summed E-state index contributed by atoms with van der Waals surface area (Å²) in [7, 11) is 0. The molecule has 0 aromatic heterocycles. The van der Waals surface area contributed by atoms with E-state index >= 15 is 4.79 Å². The first-order chi connectivity index (χ1) is 22.6. The molecule has 1 spiro atoms. The number of hydrazone groups is 2. The van der Waals surface area contributed by atoms with E-state index in [1.54, 1.807) is 12.1 Å². The Bertz CT molecular complexity index is 1880. The van der Waals surface area contributed by atoms with Crippen LogP contribution in [-0.2, 0) is 16.0 Å². The van der Waals surface area contributed by atoms with Gasteiger partial charge in [0.2, 0.25) is 0 Å². The van der Waals surface area contributed by atoms with Crippen molar-refractivity contribution in [2.75, 3.05) is 16.6 Å². The van der Waals surface area contributed by atoms with Crippen LogP contribution in [0.5, 0.6) is 0 Å². The van der Waals surface area contributed by atoms with E-state index < -0.39 is 17.0 Å². The molecule has 5 aromatic rings. The lowest BCUT2D eigenvalue weighted by Gasteiger charge is -2.49. The minimum absolute atomic E-state index is 0.168. The SMILES string of the molecule is CCOC(=O)[C@@]1(Cc2ccc(F)cc2)N(c2ccccc2)N=C(c2ccccc2)[C@]12CC(c1ccccc1)=NN2c1ccccc1. The molecule has 0 radical (unpaired) electrons. The first kappa shape index (κ1) is 29.2. The summed E-state index contributed by atoms with van der Waals surface area (Å²) in [5.74, 6) is -0.791. The molecule has 0 aliphatic carbocycles. The van der Waals surface area contributed by atoms with E-state index in [0.717, 1.165) is 33.8 Å². The van der Waals surface area contributed by atoms with Crippen molar-refractivity contribution in [3.63, 3.8) is 0 Å². The van der Waals surface area contributed by atoms with Gasteiger partial charge in [0.15, 0.2) is 5.54 Å². The van der Waals surface area contributed by atoms with Gasteiger partial charge in [-0.15, -0.1) is 0 Å². The van der Waals surface area contributed by atoms with E-state index in [-0.39, 0.29) is 18.8 Å². The maximum atomic E-state index is 15.1. The Morgan fingerprint density at radius 2 is 1.22 bits per heavy atom. The van der Waals surface area contributed by atoms with Crippen molar-refractivity contribution in [3.8, 4) is 0 Å². The van der Waals surface area contributed by atoms with Gasteiger partial charge in [0.1, 0.15) is 11.4 Å².